The van der Waals surface area contributed by atoms with E-state index in [0.29, 0.717) is 6.54 Å². The highest BCUT2D eigenvalue weighted by Crippen LogP contribution is 2.30. The number of halogens is 3. The van der Waals surface area contributed by atoms with E-state index in [4.69, 9.17) is 0 Å². The summed E-state index contributed by atoms with van der Waals surface area (Å²) in [5.41, 5.74) is 2.51. The third-order valence-corrected chi connectivity index (χ3v) is 4.48. The Hall–Kier alpha value is -2.70. The van der Waals surface area contributed by atoms with Crippen LogP contribution < -0.4 is 15.5 Å². The van der Waals surface area contributed by atoms with Crippen LogP contribution in [0, 0.1) is 6.92 Å². The molecule has 0 aliphatic heterocycles. The predicted molar refractivity (Wildman–Crippen MR) is 108 cm³/mol. The van der Waals surface area contributed by atoms with Gasteiger partial charge in [-0.2, -0.15) is 13.2 Å². The molecule has 2 N–H and O–H groups in total. The van der Waals surface area contributed by atoms with Crippen LogP contribution in [-0.2, 0) is 11.0 Å². The highest BCUT2D eigenvalue weighted by molar-refractivity contribution is 5.91. The Morgan fingerprint density at radius 3 is 2.39 bits per heavy atom. The first kappa shape index (κ1) is 21.6. The van der Waals surface area contributed by atoms with Gasteiger partial charge in [-0.05, 0) is 62.7 Å². The van der Waals surface area contributed by atoms with Crippen molar-refractivity contribution in [3.8, 4) is 0 Å². The first-order valence-electron chi connectivity index (χ1n) is 9.31. The van der Waals surface area contributed by atoms with Gasteiger partial charge in [0.1, 0.15) is 0 Å². The summed E-state index contributed by atoms with van der Waals surface area (Å²) >= 11 is 0. The number of carbonyl (C=O) groups excluding carboxylic acids is 1. The van der Waals surface area contributed by atoms with Crippen molar-refractivity contribution >= 4 is 23.0 Å². The van der Waals surface area contributed by atoms with Gasteiger partial charge in [0.05, 0.1) is 5.56 Å². The molecule has 0 saturated carbocycles. The molecule has 0 atom stereocenters. The van der Waals surface area contributed by atoms with Gasteiger partial charge in [0.25, 0.3) is 0 Å². The quantitative estimate of drug-likeness (QED) is 0.640. The van der Waals surface area contributed by atoms with E-state index >= 15 is 0 Å². The lowest BCUT2D eigenvalue weighted by Gasteiger charge is -2.22. The molecule has 0 aliphatic rings. The van der Waals surface area contributed by atoms with Crippen molar-refractivity contribution in [1.82, 2.24) is 0 Å². The molecule has 0 spiro atoms. The summed E-state index contributed by atoms with van der Waals surface area (Å²) in [7, 11) is 0. The molecule has 0 aliphatic carbocycles. The summed E-state index contributed by atoms with van der Waals surface area (Å²) in [6.07, 6.45) is -4.29. The molecular formula is C21H26F3N3O. The van der Waals surface area contributed by atoms with Crippen molar-refractivity contribution in [3.05, 3.63) is 53.6 Å². The van der Waals surface area contributed by atoms with Crippen molar-refractivity contribution in [3.63, 3.8) is 0 Å². The zero-order chi connectivity index (χ0) is 20.7. The van der Waals surface area contributed by atoms with Gasteiger partial charge in [-0.25, -0.2) is 0 Å². The van der Waals surface area contributed by atoms with E-state index in [2.05, 4.69) is 35.4 Å². The predicted octanol–water partition coefficient (Wildman–Crippen LogP) is 5.30. The molecule has 0 bridgehead atoms. The number of benzene rings is 2. The van der Waals surface area contributed by atoms with Crippen molar-refractivity contribution in [2.45, 2.75) is 33.4 Å². The summed E-state index contributed by atoms with van der Waals surface area (Å²) in [5, 5.41) is 5.72. The van der Waals surface area contributed by atoms with E-state index in [1.165, 1.54) is 12.1 Å². The van der Waals surface area contributed by atoms with Crippen molar-refractivity contribution in [2.75, 3.05) is 35.2 Å². The second-order valence-corrected chi connectivity index (χ2v) is 6.48. The monoisotopic (exact) mass is 393 g/mol. The molecule has 0 unspecified atom stereocenters. The first-order valence-corrected chi connectivity index (χ1v) is 9.31. The van der Waals surface area contributed by atoms with E-state index in [-0.39, 0.29) is 18.0 Å². The van der Waals surface area contributed by atoms with Crippen molar-refractivity contribution in [1.29, 1.82) is 0 Å². The lowest BCUT2D eigenvalue weighted by Crippen LogP contribution is -2.22. The number of nitrogens with one attached hydrogen (secondary N) is 2. The molecule has 0 heterocycles. The van der Waals surface area contributed by atoms with E-state index in [1.54, 1.807) is 0 Å². The molecule has 2 aromatic rings. The zero-order valence-corrected chi connectivity index (χ0v) is 16.4. The smallest absolute Gasteiger partial charge is 0.384 e. The van der Waals surface area contributed by atoms with Crippen LogP contribution in [0.2, 0.25) is 0 Å². The maximum absolute atomic E-state index is 12.7. The van der Waals surface area contributed by atoms with Crippen LogP contribution in [0.3, 0.4) is 0 Å². The third-order valence-electron chi connectivity index (χ3n) is 4.48. The molecule has 28 heavy (non-hydrogen) atoms. The number of anilines is 3. The van der Waals surface area contributed by atoms with Crippen molar-refractivity contribution < 1.29 is 18.0 Å². The molecule has 7 heteroatoms. The van der Waals surface area contributed by atoms with Crippen LogP contribution in [0.25, 0.3) is 0 Å². The SMILES string of the molecule is CCN(CC)c1ccc(NCCC(=O)Nc2cccc(C(F)(F)F)c2)c(C)c1. The van der Waals surface area contributed by atoms with Gasteiger partial charge in [-0.1, -0.05) is 6.07 Å². The minimum absolute atomic E-state index is 0.139. The average molecular weight is 393 g/mol. The third kappa shape index (κ3) is 5.90. The Labute approximate surface area is 163 Å². The summed E-state index contributed by atoms with van der Waals surface area (Å²) in [4.78, 5) is 14.3. The number of nitrogens with zero attached hydrogens (tertiary/aromatic N) is 1. The standard InChI is InChI=1S/C21H26F3N3O/c1-4-27(5-2)18-9-10-19(15(3)13-18)25-12-11-20(28)26-17-8-6-7-16(14-17)21(22,23)24/h6-10,13-14,25H,4-5,11-12H2,1-3H3,(H,26,28). The van der Waals surface area contributed by atoms with Gasteiger partial charge >= 0.3 is 6.18 Å². The fourth-order valence-corrected chi connectivity index (χ4v) is 2.94. The zero-order valence-electron chi connectivity index (χ0n) is 16.4. The molecule has 2 aromatic carbocycles. The number of rotatable bonds is 8. The summed E-state index contributed by atoms with van der Waals surface area (Å²) in [5.74, 6) is -0.343. The average Bonchev–Trinajstić information content (AvgIpc) is 2.64. The number of amides is 1. The van der Waals surface area contributed by atoms with E-state index in [0.717, 1.165) is 42.2 Å². The number of carbonyl (C=O) groups is 1. The van der Waals surface area contributed by atoms with Crippen LogP contribution in [0.1, 0.15) is 31.4 Å². The lowest BCUT2D eigenvalue weighted by atomic mass is 10.1. The molecule has 0 radical (unpaired) electrons. The number of hydrogen-bond acceptors (Lipinski definition) is 3. The van der Waals surface area contributed by atoms with Crippen LogP contribution in [-0.4, -0.2) is 25.5 Å². The molecule has 152 valence electrons. The number of aryl methyl sites for hydroxylation is 1. The van der Waals surface area contributed by atoms with E-state index in [9.17, 15) is 18.0 Å². The molecule has 0 fully saturated rings. The summed E-state index contributed by atoms with van der Waals surface area (Å²) in [6.45, 7) is 8.45. The number of alkyl halides is 3. The Morgan fingerprint density at radius 1 is 1.07 bits per heavy atom. The second kappa shape index (κ2) is 9.48. The van der Waals surface area contributed by atoms with Gasteiger partial charge in [-0.15, -0.1) is 0 Å². The number of hydrogen-bond donors (Lipinski definition) is 2. The van der Waals surface area contributed by atoms with Crippen LogP contribution in [0.15, 0.2) is 42.5 Å². The van der Waals surface area contributed by atoms with Gasteiger partial charge in [0.15, 0.2) is 0 Å². The van der Waals surface area contributed by atoms with E-state index < -0.39 is 11.7 Å². The molecule has 4 nitrogen and oxygen atoms in total. The minimum Gasteiger partial charge on any atom is -0.384 e. The topological polar surface area (TPSA) is 44.4 Å². The molecule has 2 rings (SSSR count). The maximum Gasteiger partial charge on any atom is 0.416 e. The highest BCUT2D eigenvalue weighted by Gasteiger charge is 2.30. The van der Waals surface area contributed by atoms with Gasteiger partial charge in [0.2, 0.25) is 5.91 Å². The molecular weight excluding hydrogens is 367 g/mol. The summed E-state index contributed by atoms with van der Waals surface area (Å²) in [6, 6.07) is 10.7. The fraction of sp³-hybridized carbons (Fsp3) is 0.381. The summed E-state index contributed by atoms with van der Waals surface area (Å²) < 4.78 is 38.2. The van der Waals surface area contributed by atoms with Gasteiger partial charge in [-0.3, -0.25) is 4.79 Å². The highest BCUT2D eigenvalue weighted by atomic mass is 19.4. The van der Waals surface area contributed by atoms with Crippen molar-refractivity contribution in [2.24, 2.45) is 0 Å². The van der Waals surface area contributed by atoms with Crippen LogP contribution >= 0.6 is 0 Å². The Balaban J connectivity index is 1.89. The minimum atomic E-state index is -4.43. The van der Waals surface area contributed by atoms with E-state index in [1.807, 2.05) is 19.1 Å². The van der Waals surface area contributed by atoms with Crippen LogP contribution in [0.5, 0.6) is 0 Å². The maximum atomic E-state index is 12.7. The lowest BCUT2D eigenvalue weighted by molar-refractivity contribution is -0.137. The molecule has 1 amide bonds. The molecule has 0 saturated heterocycles. The Bertz CT molecular complexity index is 802. The van der Waals surface area contributed by atoms with Gasteiger partial charge in [0, 0.05) is 43.1 Å². The largest absolute Gasteiger partial charge is 0.416 e. The van der Waals surface area contributed by atoms with Gasteiger partial charge < -0.3 is 15.5 Å². The Morgan fingerprint density at radius 2 is 1.79 bits per heavy atom. The first-order chi connectivity index (χ1) is 13.2. The fourth-order valence-electron chi connectivity index (χ4n) is 2.94. The second-order valence-electron chi connectivity index (χ2n) is 6.48. The normalized spacial score (nSPS) is 11.2. The van der Waals surface area contributed by atoms with Crippen LogP contribution in [0.4, 0.5) is 30.2 Å². The molecule has 0 aromatic heterocycles. The Kier molecular flexibility index (Phi) is 7.31.